The van der Waals surface area contributed by atoms with Crippen LogP contribution in [0.5, 0.6) is 0 Å². The van der Waals surface area contributed by atoms with E-state index >= 15 is 0 Å². The van der Waals surface area contributed by atoms with E-state index in [0.717, 1.165) is 6.42 Å². The Hall–Kier alpha value is -1.08. The Labute approximate surface area is 132 Å². The first-order chi connectivity index (χ1) is 10.1. The van der Waals surface area contributed by atoms with Gasteiger partial charge in [-0.3, -0.25) is 0 Å². The fourth-order valence-electron chi connectivity index (χ4n) is 2.99. The number of benzene rings is 1. The average Bonchev–Trinajstić information content (AvgIpc) is 2.47. The Morgan fingerprint density at radius 2 is 1.67 bits per heavy atom. The molecule has 1 saturated carbocycles. The van der Waals surface area contributed by atoms with Gasteiger partial charge in [0.2, 0.25) is 0 Å². The minimum absolute atomic E-state index is 1.16. The Morgan fingerprint density at radius 3 is 2.29 bits per heavy atom. The summed E-state index contributed by atoms with van der Waals surface area (Å²) in [7, 11) is -1.22. The number of hydrogen-bond donors (Lipinski definition) is 0. The fraction of sp³-hybridized carbons (Fsp3) is 0.500. The molecule has 1 aromatic rings. The molecule has 0 aromatic heterocycles. The summed E-state index contributed by atoms with van der Waals surface area (Å²) in [6.07, 6.45) is 14.3. The summed E-state index contributed by atoms with van der Waals surface area (Å²) >= 11 is 0. The summed E-state index contributed by atoms with van der Waals surface area (Å²) in [6, 6.07) is 10.9. The molecule has 0 amide bonds. The lowest BCUT2D eigenvalue weighted by atomic mass is 9.94. The zero-order chi connectivity index (χ0) is 15.1. The molecule has 0 heterocycles. The zero-order valence-corrected chi connectivity index (χ0v) is 15.0. The predicted octanol–water partition coefficient (Wildman–Crippen LogP) is 6.31. The number of hydrogen-bond acceptors (Lipinski definition) is 0. The van der Waals surface area contributed by atoms with E-state index in [-0.39, 0.29) is 0 Å². The third-order valence-electron chi connectivity index (χ3n) is 4.36. The van der Waals surface area contributed by atoms with E-state index in [1.165, 1.54) is 44.1 Å². The van der Waals surface area contributed by atoms with Crippen LogP contribution >= 0.6 is 0 Å². The Morgan fingerprint density at radius 1 is 1.00 bits per heavy atom. The van der Waals surface area contributed by atoms with Crippen molar-refractivity contribution in [1.29, 1.82) is 0 Å². The molecule has 0 spiro atoms. The van der Waals surface area contributed by atoms with Crippen molar-refractivity contribution in [3.05, 3.63) is 58.8 Å². The normalized spacial score (nSPS) is 16.9. The number of allylic oxidation sites excluding steroid dienone is 4. The number of rotatable bonds is 5. The summed E-state index contributed by atoms with van der Waals surface area (Å²) in [5.41, 5.74) is 3.16. The molecule has 0 radical (unpaired) electrons. The lowest BCUT2D eigenvalue weighted by Gasteiger charge is -2.21. The van der Waals surface area contributed by atoms with Crippen molar-refractivity contribution in [1.82, 2.24) is 0 Å². The first-order valence-corrected chi connectivity index (χ1v) is 12.0. The van der Waals surface area contributed by atoms with Gasteiger partial charge in [0.1, 0.15) is 0 Å². The third-order valence-corrected chi connectivity index (χ3v) is 6.44. The molecule has 1 aromatic carbocycles. The molecule has 0 saturated heterocycles. The quantitative estimate of drug-likeness (QED) is 0.558. The largest absolute Gasteiger partial charge is 0.0850 e. The highest BCUT2D eigenvalue weighted by Gasteiger charge is 2.18. The summed E-state index contributed by atoms with van der Waals surface area (Å²) < 4.78 is 0. The molecule has 1 heteroatoms. The topological polar surface area (TPSA) is 0 Å². The Balaban J connectivity index is 2.03. The van der Waals surface area contributed by atoms with Crippen LogP contribution in [-0.4, -0.2) is 8.07 Å². The summed E-state index contributed by atoms with van der Waals surface area (Å²) in [4.78, 5) is 0. The monoisotopic (exact) mass is 298 g/mol. The van der Waals surface area contributed by atoms with Crippen molar-refractivity contribution in [3.63, 3.8) is 0 Å². The van der Waals surface area contributed by atoms with Crippen molar-refractivity contribution in [3.8, 4) is 0 Å². The summed E-state index contributed by atoms with van der Waals surface area (Å²) in [6.45, 7) is 7.42. The lowest BCUT2D eigenvalue weighted by molar-refractivity contribution is 0.599. The zero-order valence-electron chi connectivity index (χ0n) is 14.0. The lowest BCUT2D eigenvalue weighted by Crippen LogP contribution is -2.23. The molecule has 1 aliphatic rings. The molecule has 0 bridgehead atoms. The summed E-state index contributed by atoms with van der Waals surface area (Å²) in [5, 5.41) is 1.66. The van der Waals surface area contributed by atoms with Gasteiger partial charge in [0.05, 0.1) is 8.07 Å². The van der Waals surface area contributed by atoms with Gasteiger partial charge in [-0.1, -0.05) is 79.3 Å². The van der Waals surface area contributed by atoms with E-state index in [0.29, 0.717) is 0 Å². The summed E-state index contributed by atoms with van der Waals surface area (Å²) in [5.74, 6) is 0. The second-order valence-electron chi connectivity index (χ2n) is 7.30. The molecule has 21 heavy (non-hydrogen) atoms. The SMILES string of the molecule is C[Si](C)(C)/C(C=C1CCCCC1)=C\CCc1ccccc1. The maximum absolute atomic E-state index is 2.57. The fourth-order valence-corrected chi connectivity index (χ4v) is 4.38. The first-order valence-electron chi connectivity index (χ1n) is 8.50. The van der Waals surface area contributed by atoms with Crippen LogP contribution in [0.4, 0.5) is 0 Å². The van der Waals surface area contributed by atoms with Crippen molar-refractivity contribution >= 4 is 8.07 Å². The molecule has 0 aliphatic heterocycles. The van der Waals surface area contributed by atoms with Gasteiger partial charge in [-0.15, -0.1) is 0 Å². The molecule has 1 fully saturated rings. The van der Waals surface area contributed by atoms with E-state index in [4.69, 9.17) is 0 Å². The van der Waals surface area contributed by atoms with Gasteiger partial charge in [0.25, 0.3) is 0 Å². The average molecular weight is 299 g/mol. The minimum atomic E-state index is -1.22. The van der Waals surface area contributed by atoms with Crippen LogP contribution in [0.1, 0.15) is 44.1 Å². The van der Waals surface area contributed by atoms with E-state index < -0.39 is 8.07 Å². The molecule has 2 rings (SSSR count). The highest BCUT2D eigenvalue weighted by atomic mass is 28.3. The highest BCUT2D eigenvalue weighted by Crippen LogP contribution is 2.27. The smallest absolute Gasteiger partial charge is 0.0771 e. The van der Waals surface area contributed by atoms with E-state index in [9.17, 15) is 0 Å². The maximum atomic E-state index is 2.57. The van der Waals surface area contributed by atoms with Gasteiger partial charge in [-0.2, -0.15) is 0 Å². The van der Waals surface area contributed by atoms with Crippen LogP contribution in [0.2, 0.25) is 19.6 Å². The number of aryl methyl sites for hydroxylation is 1. The first kappa shape index (κ1) is 16.3. The van der Waals surface area contributed by atoms with Crippen molar-refractivity contribution in [2.24, 2.45) is 0 Å². The van der Waals surface area contributed by atoms with Gasteiger partial charge in [-0.25, -0.2) is 0 Å². The molecular formula is C20H30Si. The third kappa shape index (κ3) is 5.66. The van der Waals surface area contributed by atoms with Crippen LogP contribution in [-0.2, 0) is 6.42 Å². The van der Waals surface area contributed by atoms with Crippen molar-refractivity contribution in [2.75, 3.05) is 0 Å². The molecule has 0 nitrogen and oxygen atoms in total. The maximum Gasteiger partial charge on any atom is 0.0771 e. The molecule has 114 valence electrons. The predicted molar refractivity (Wildman–Crippen MR) is 97.4 cm³/mol. The highest BCUT2D eigenvalue weighted by molar-refractivity contribution is 6.83. The van der Waals surface area contributed by atoms with Crippen molar-refractivity contribution < 1.29 is 0 Å². The minimum Gasteiger partial charge on any atom is -0.0850 e. The Bertz CT molecular complexity index is 480. The standard InChI is InChI=1S/C20H30Si/c1-21(2,3)20(17-19-13-8-5-9-14-19)16-10-15-18-11-6-4-7-12-18/h4,6-7,11-12,16-17H,5,8-10,13-15H2,1-3H3/b20-16-. The molecule has 0 unspecified atom stereocenters. The molecule has 0 atom stereocenters. The second-order valence-corrected chi connectivity index (χ2v) is 12.4. The molecule has 0 N–H and O–H groups in total. The van der Waals surface area contributed by atoms with Crippen LogP contribution < -0.4 is 0 Å². The van der Waals surface area contributed by atoms with Crippen LogP contribution in [0, 0.1) is 0 Å². The van der Waals surface area contributed by atoms with Gasteiger partial charge >= 0.3 is 0 Å². The van der Waals surface area contributed by atoms with Gasteiger partial charge in [0.15, 0.2) is 0 Å². The van der Waals surface area contributed by atoms with Crippen LogP contribution in [0.3, 0.4) is 0 Å². The van der Waals surface area contributed by atoms with Crippen LogP contribution in [0.15, 0.2) is 53.3 Å². The van der Waals surface area contributed by atoms with Crippen molar-refractivity contribution in [2.45, 2.75) is 64.6 Å². The second kappa shape index (κ2) is 7.79. The van der Waals surface area contributed by atoms with Gasteiger partial charge in [0, 0.05) is 0 Å². The van der Waals surface area contributed by atoms with Gasteiger partial charge < -0.3 is 0 Å². The Kier molecular flexibility index (Phi) is 6.04. The van der Waals surface area contributed by atoms with Gasteiger partial charge in [-0.05, 0) is 44.1 Å². The van der Waals surface area contributed by atoms with Crippen LogP contribution in [0.25, 0.3) is 0 Å². The molecular weight excluding hydrogens is 268 g/mol. The van der Waals surface area contributed by atoms with E-state index in [2.05, 4.69) is 62.1 Å². The molecule has 1 aliphatic carbocycles. The van der Waals surface area contributed by atoms with E-state index in [1.54, 1.807) is 10.8 Å². The van der Waals surface area contributed by atoms with E-state index in [1.807, 2.05) is 0 Å².